The van der Waals surface area contributed by atoms with Crippen molar-refractivity contribution in [2.24, 2.45) is 11.8 Å². The molecule has 3 aliphatic carbocycles. The molecule has 5 heteroatoms. The molecule has 8 rings (SSSR count). The Morgan fingerprint density at radius 2 is 1.14 bits per heavy atom. The average Bonchev–Trinajstić information content (AvgIpc) is 3.22. The molecule has 2 fully saturated rings. The lowest BCUT2D eigenvalue weighted by Crippen LogP contribution is -2.53. The summed E-state index contributed by atoms with van der Waals surface area (Å²) in [4.78, 5) is 45.9. The minimum Gasteiger partial charge on any atom is -0.341 e. The van der Waals surface area contributed by atoms with Crippen LogP contribution in [0.25, 0.3) is 0 Å². The molecule has 2 heterocycles. The molecule has 186 valence electrons. The molecule has 2 bridgehead atoms. The average molecular weight is 491 g/mol. The van der Waals surface area contributed by atoms with Crippen molar-refractivity contribution in [2.45, 2.75) is 43.6 Å². The number of rotatable bonds is 4. The maximum absolute atomic E-state index is 14.3. The molecule has 3 atom stereocenters. The van der Waals surface area contributed by atoms with Crippen LogP contribution < -0.4 is 0 Å². The number of carbonyl (C=O) groups is 3. The van der Waals surface area contributed by atoms with E-state index in [1.165, 1.54) is 4.90 Å². The SMILES string of the molecule is O=C([C@H](Cc1ccccc1)N1C(=O)[C@@H]2C3c4ccccc4C(c4ccccc43)[C@@H]2C1=O)N1CCCCC1. The maximum atomic E-state index is 14.3. The summed E-state index contributed by atoms with van der Waals surface area (Å²) in [6, 6.07) is 25.5. The fourth-order valence-electron chi connectivity index (χ4n) is 7.46. The second-order valence-corrected chi connectivity index (χ2v) is 10.9. The zero-order chi connectivity index (χ0) is 25.1. The van der Waals surface area contributed by atoms with E-state index in [2.05, 4.69) is 24.3 Å². The number of hydrogen-bond acceptors (Lipinski definition) is 3. The monoisotopic (exact) mass is 490 g/mol. The van der Waals surface area contributed by atoms with Crippen LogP contribution in [0.3, 0.4) is 0 Å². The largest absolute Gasteiger partial charge is 0.341 e. The lowest BCUT2D eigenvalue weighted by molar-refractivity contribution is -0.152. The van der Waals surface area contributed by atoms with Crippen molar-refractivity contribution >= 4 is 17.7 Å². The van der Waals surface area contributed by atoms with E-state index < -0.39 is 17.9 Å². The van der Waals surface area contributed by atoms with Gasteiger partial charge < -0.3 is 4.90 Å². The molecule has 5 aliphatic rings. The molecule has 3 aromatic rings. The molecule has 0 radical (unpaired) electrons. The molecule has 0 N–H and O–H groups in total. The molecule has 3 amide bonds. The van der Waals surface area contributed by atoms with Gasteiger partial charge in [-0.15, -0.1) is 0 Å². The quantitative estimate of drug-likeness (QED) is 0.506. The van der Waals surface area contributed by atoms with Gasteiger partial charge in [0.25, 0.3) is 0 Å². The molecule has 2 saturated heterocycles. The van der Waals surface area contributed by atoms with Crippen LogP contribution in [0.5, 0.6) is 0 Å². The van der Waals surface area contributed by atoms with Crippen LogP contribution in [0.1, 0.15) is 58.9 Å². The number of benzene rings is 3. The fourth-order valence-corrected chi connectivity index (χ4v) is 7.46. The Labute approximate surface area is 217 Å². The third-order valence-corrected chi connectivity index (χ3v) is 9.02. The Bertz CT molecular complexity index is 1280. The molecule has 0 spiro atoms. The molecular weight excluding hydrogens is 460 g/mol. The molecule has 2 aliphatic heterocycles. The Balaban J connectivity index is 1.32. The minimum absolute atomic E-state index is 0.0914. The van der Waals surface area contributed by atoms with Gasteiger partial charge in [0.1, 0.15) is 6.04 Å². The first-order valence-corrected chi connectivity index (χ1v) is 13.5. The number of nitrogens with zero attached hydrogens (tertiary/aromatic N) is 2. The van der Waals surface area contributed by atoms with Crippen LogP contribution in [-0.4, -0.2) is 46.7 Å². The highest BCUT2D eigenvalue weighted by atomic mass is 16.2. The number of hydrogen-bond donors (Lipinski definition) is 0. The van der Waals surface area contributed by atoms with Gasteiger partial charge in [-0.3, -0.25) is 19.3 Å². The lowest BCUT2D eigenvalue weighted by atomic mass is 9.55. The van der Waals surface area contributed by atoms with Gasteiger partial charge in [0, 0.05) is 31.3 Å². The van der Waals surface area contributed by atoms with Crippen LogP contribution in [0.2, 0.25) is 0 Å². The van der Waals surface area contributed by atoms with Gasteiger partial charge in [0.05, 0.1) is 11.8 Å². The van der Waals surface area contributed by atoms with Gasteiger partial charge in [-0.25, -0.2) is 0 Å². The summed E-state index contributed by atoms with van der Waals surface area (Å²) in [7, 11) is 0. The first kappa shape index (κ1) is 22.5. The highest BCUT2D eigenvalue weighted by molar-refractivity contribution is 6.10. The van der Waals surface area contributed by atoms with Gasteiger partial charge in [-0.05, 0) is 47.1 Å². The van der Waals surface area contributed by atoms with E-state index in [9.17, 15) is 14.4 Å². The zero-order valence-corrected chi connectivity index (χ0v) is 20.8. The van der Waals surface area contributed by atoms with Crippen LogP contribution in [-0.2, 0) is 20.8 Å². The van der Waals surface area contributed by atoms with Crippen molar-refractivity contribution in [1.29, 1.82) is 0 Å². The van der Waals surface area contributed by atoms with E-state index in [0.717, 1.165) is 47.1 Å². The first-order valence-electron chi connectivity index (χ1n) is 13.5. The van der Waals surface area contributed by atoms with Gasteiger partial charge >= 0.3 is 0 Å². The van der Waals surface area contributed by atoms with Gasteiger partial charge in [0.2, 0.25) is 17.7 Å². The van der Waals surface area contributed by atoms with Gasteiger partial charge in [-0.2, -0.15) is 0 Å². The van der Waals surface area contributed by atoms with Gasteiger partial charge in [0.15, 0.2) is 0 Å². The molecular formula is C32H30N2O3. The second-order valence-electron chi connectivity index (χ2n) is 10.9. The molecule has 5 nitrogen and oxygen atoms in total. The number of piperidine rings is 1. The zero-order valence-electron chi connectivity index (χ0n) is 20.8. The number of imide groups is 1. The number of amides is 3. The summed E-state index contributed by atoms with van der Waals surface area (Å²) in [5.41, 5.74) is 5.56. The third kappa shape index (κ3) is 3.33. The van der Waals surface area contributed by atoms with E-state index in [-0.39, 0.29) is 29.6 Å². The maximum Gasteiger partial charge on any atom is 0.246 e. The summed E-state index contributed by atoms with van der Waals surface area (Å²) in [5, 5.41) is 0. The second kappa shape index (κ2) is 8.69. The summed E-state index contributed by atoms with van der Waals surface area (Å²) in [6.07, 6.45) is 3.39. The Morgan fingerprint density at radius 1 is 0.676 bits per heavy atom. The highest BCUT2D eigenvalue weighted by Gasteiger charge is 2.63. The van der Waals surface area contributed by atoms with Crippen molar-refractivity contribution in [3.8, 4) is 0 Å². The minimum atomic E-state index is -0.809. The van der Waals surface area contributed by atoms with Crippen molar-refractivity contribution in [1.82, 2.24) is 9.80 Å². The molecule has 0 unspecified atom stereocenters. The fraction of sp³-hybridized carbons (Fsp3) is 0.344. The van der Waals surface area contributed by atoms with Crippen LogP contribution in [0, 0.1) is 11.8 Å². The summed E-state index contributed by atoms with van der Waals surface area (Å²) >= 11 is 0. The predicted molar refractivity (Wildman–Crippen MR) is 140 cm³/mol. The standard InChI is InChI=1S/C32H30N2O3/c35-30(33-17-9-2-10-18-33)25(19-20-11-3-1-4-12-20)34-31(36)28-26-21-13-5-6-14-22(21)27(29(28)32(34)37)24-16-8-7-15-23(24)26/h1,3-8,11-16,25-29H,2,9-10,17-19H2/t25-,26?,27?,28-,29+/m0/s1. The molecule has 0 saturated carbocycles. The molecule has 3 aromatic carbocycles. The van der Waals surface area contributed by atoms with E-state index >= 15 is 0 Å². The van der Waals surface area contributed by atoms with E-state index in [1.54, 1.807) is 0 Å². The Kier molecular flexibility index (Phi) is 5.27. The summed E-state index contributed by atoms with van der Waals surface area (Å²) in [6.45, 7) is 1.38. The Hall–Kier alpha value is -3.73. The summed E-state index contributed by atoms with van der Waals surface area (Å²) in [5.74, 6) is -1.70. The first-order chi connectivity index (χ1) is 18.1. The van der Waals surface area contributed by atoms with E-state index in [0.29, 0.717) is 19.5 Å². The number of carbonyl (C=O) groups excluding carboxylic acids is 3. The molecule has 37 heavy (non-hydrogen) atoms. The smallest absolute Gasteiger partial charge is 0.246 e. The van der Waals surface area contributed by atoms with Gasteiger partial charge in [-0.1, -0.05) is 78.9 Å². The topological polar surface area (TPSA) is 57.7 Å². The Morgan fingerprint density at radius 3 is 1.62 bits per heavy atom. The normalized spacial score (nSPS) is 26.5. The van der Waals surface area contributed by atoms with Crippen LogP contribution >= 0.6 is 0 Å². The highest BCUT2D eigenvalue weighted by Crippen LogP contribution is 2.61. The van der Waals surface area contributed by atoms with Crippen molar-refractivity contribution in [2.75, 3.05) is 13.1 Å². The van der Waals surface area contributed by atoms with Crippen molar-refractivity contribution in [3.05, 3.63) is 107 Å². The summed E-state index contributed by atoms with van der Waals surface area (Å²) < 4.78 is 0. The van der Waals surface area contributed by atoms with E-state index in [4.69, 9.17) is 0 Å². The van der Waals surface area contributed by atoms with Crippen LogP contribution in [0.15, 0.2) is 78.9 Å². The molecule has 0 aromatic heterocycles. The van der Waals surface area contributed by atoms with Crippen molar-refractivity contribution < 1.29 is 14.4 Å². The van der Waals surface area contributed by atoms with E-state index in [1.807, 2.05) is 59.5 Å². The number of likely N-dealkylation sites (tertiary alicyclic amines) is 2. The van der Waals surface area contributed by atoms with Crippen molar-refractivity contribution in [3.63, 3.8) is 0 Å². The predicted octanol–water partition coefficient (Wildman–Crippen LogP) is 4.50. The lowest BCUT2D eigenvalue weighted by Gasteiger charge is -2.45. The van der Waals surface area contributed by atoms with Crippen LogP contribution in [0.4, 0.5) is 0 Å². The third-order valence-electron chi connectivity index (χ3n) is 9.02.